The Morgan fingerprint density at radius 2 is 1.95 bits per heavy atom. The summed E-state index contributed by atoms with van der Waals surface area (Å²) in [6.07, 6.45) is 6.68. The summed E-state index contributed by atoms with van der Waals surface area (Å²) in [5.74, 6) is 5.67. The van der Waals surface area contributed by atoms with Crippen LogP contribution in [0.1, 0.15) is 39.5 Å². The highest BCUT2D eigenvalue weighted by Crippen LogP contribution is 2.13. The maximum atomic E-state index is 12.1. The van der Waals surface area contributed by atoms with Crippen molar-refractivity contribution in [3.05, 3.63) is 12.4 Å². The van der Waals surface area contributed by atoms with E-state index in [2.05, 4.69) is 34.0 Å². The van der Waals surface area contributed by atoms with Gasteiger partial charge in [-0.15, -0.1) is 0 Å². The van der Waals surface area contributed by atoms with E-state index in [1.165, 1.54) is 12.4 Å². The fraction of sp³-hybridized carbons (Fsp3) is 0.667. The number of rotatable bonds is 9. The molecule has 114 valence electrons. The molecule has 1 aromatic rings. The number of nitrogens with zero attached hydrogens (tertiary/aromatic N) is 2. The Balaban J connectivity index is 2.63. The van der Waals surface area contributed by atoms with Gasteiger partial charge < -0.3 is 0 Å². The van der Waals surface area contributed by atoms with Crippen LogP contribution in [-0.2, 0) is 10.0 Å². The van der Waals surface area contributed by atoms with Gasteiger partial charge in [-0.2, -0.15) is 0 Å². The van der Waals surface area contributed by atoms with E-state index in [9.17, 15) is 8.42 Å². The fourth-order valence-electron chi connectivity index (χ4n) is 1.78. The van der Waals surface area contributed by atoms with E-state index in [0.717, 1.165) is 25.7 Å². The number of aromatic nitrogens is 2. The summed E-state index contributed by atoms with van der Waals surface area (Å²) in [6.45, 7) is 4.64. The molecule has 1 rings (SSSR count). The van der Waals surface area contributed by atoms with Crippen LogP contribution in [-0.4, -0.2) is 24.9 Å². The minimum Gasteiger partial charge on any atom is -0.292 e. The number of nitrogens with two attached hydrogens (primary N) is 1. The first-order valence-electron chi connectivity index (χ1n) is 6.81. The summed E-state index contributed by atoms with van der Waals surface area (Å²) in [5, 5.41) is 0. The smallest absolute Gasteiger partial charge is 0.243 e. The molecule has 0 aromatic carbocycles. The number of nitrogen functional groups attached to an aromatic ring is 1. The van der Waals surface area contributed by atoms with Crippen LogP contribution in [0.4, 0.5) is 5.95 Å². The molecular weight excluding hydrogens is 278 g/mol. The van der Waals surface area contributed by atoms with Gasteiger partial charge in [0.05, 0.1) is 12.4 Å². The molecule has 1 unspecified atom stereocenters. The molecule has 0 bridgehead atoms. The molecule has 0 saturated carbocycles. The molecule has 1 heterocycles. The molecule has 0 aliphatic carbocycles. The molecule has 0 aliphatic heterocycles. The molecule has 20 heavy (non-hydrogen) atoms. The highest BCUT2D eigenvalue weighted by molar-refractivity contribution is 7.89. The molecule has 0 fully saturated rings. The second kappa shape index (κ2) is 8.13. The third-order valence-electron chi connectivity index (χ3n) is 3.17. The lowest BCUT2D eigenvalue weighted by Crippen LogP contribution is -2.29. The Bertz CT molecular complexity index is 489. The van der Waals surface area contributed by atoms with Crippen molar-refractivity contribution < 1.29 is 8.42 Å². The lowest BCUT2D eigenvalue weighted by atomic mass is 10.00. The van der Waals surface area contributed by atoms with E-state index < -0.39 is 10.0 Å². The van der Waals surface area contributed by atoms with Gasteiger partial charge in [0.2, 0.25) is 16.0 Å². The quantitative estimate of drug-likeness (QED) is 0.468. The second-order valence-corrected chi connectivity index (χ2v) is 6.42. The zero-order valence-corrected chi connectivity index (χ0v) is 12.8. The first-order valence-corrected chi connectivity index (χ1v) is 8.30. The Kier molecular flexibility index (Phi) is 6.83. The molecule has 7 nitrogen and oxygen atoms in total. The highest BCUT2D eigenvalue weighted by atomic mass is 32.2. The van der Waals surface area contributed by atoms with Crippen molar-refractivity contribution >= 4 is 16.0 Å². The number of hydrogen-bond acceptors (Lipinski definition) is 6. The van der Waals surface area contributed by atoms with Crippen LogP contribution in [0.15, 0.2) is 17.3 Å². The predicted molar refractivity (Wildman–Crippen MR) is 78.3 cm³/mol. The Hall–Kier alpha value is -1.25. The van der Waals surface area contributed by atoms with E-state index in [-0.39, 0.29) is 10.8 Å². The summed E-state index contributed by atoms with van der Waals surface area (Å²) in [7, 11) is -3.56. The highest BCUT2D eigenvalue weighted by Gasteiger charge is 2.17. The van der Waals surface area contributed by atoms with Crippen LogP contribution in [0.3, 0.4) is 0 Å². The van der Waals surface area contributed by atoms with Crippen LogP contribution in [0.5, 0.6) is 0 Å². The van der Waals surface area contributed by atoms with Crippen molar-refractivity contribution in [1.82, 2.24) is 14.7 Å². The largest absolute Gasteiger partial charge is 0.292 e. The van der Waals surface area contributed by atoms with Gasteiger partial charge in [0.15, 0.2) is 0 Å². The number of hydrazine groups is 1. The standard InChI is InChI=1S/C12H23N5O2S/c1-3-5-6-10(4-2)7-16-20(18,19)11-8-14-12(17-13)15-9-11/h8-10,16H,3-7,13H2,1-2H3,(H,14,15,17). The topological polar surface area (TPSA) is 110 Å². The van der Waals surface area contributed by atoms with Gasteiger partial charge in [0.1, 0.15) is 4.90 Å². The van der Waals surface area contributed by atoms with Gasteiger partial charge in [0.25, 0.3) is 0 Å². The fourth-order valence-corrected chi connectivity index (χ4v) is 2.79. The molecule has 1 atom stereocenters. The zero-order valence-electron chi connectivity index (χ0n) is 12.0. The van der Waals surface area contributed by atoms with E-state index in [1.54, 1.807) is 0 Å². The third-order valence-corrected chi connectivity index (χ3v) is 4.55. The Labute approximate surface area is 120 Å². The molecule has 0 spiro atoms. The van der Waals surface area contributed by atoms with Crippen molar-refractivity contribution in [3.63, 3.8) is 0 Å². The predicted octanol–water partition coefficient (Wildman–Crippen LogP) is 1.26. The van der Waals surface area contributed by atoms with Gasteiger partial charge in [-0.05, 0) is 12.3 Å². The summed E-state index contributed by atoms with van der Waals surface area (Å²) in [6, 6.07) is 0. The van der Waals surface area contributed by atoms with Gasteiger partial charge in [-0.3, -0.25) is 5.43 Å². The normalized spacial score (nSPS) is 13.2. The van der Waals surface area contributed by atoms with Gasteiger partial charge in [-0.25, -0.2) is 29.0 Å². The van der Waals surface area contributed by atoms with Gasteiger partial charge in [0, 0.05) is 6.54 Å². The third kappa shape index (κ3) is 5.03. The SMILES string of the molecule is CCCCC(CC)CNS(=O)(=O)c1cnc(NN)nc1. The summed E-state index contributed by atoms with van der Waals surface area (Å²) in [5.41, 5.74) is 2.25. The average Bonchev–Trinajstić information content (AvgIpc) is 2.47. The molecule has 8 heteroatoms. The summed E-state index contributed by atoms with van der Waals surface area (Å²) in [4.78, 5) is 7.63. The van der Waals surface area contributed by atoms with Crippen molar-refractivity contribution in [2.75, 3.05) is 12.0 Å². The summed E-state index contributed by atoms with van der Waals surface area (Å²) < 4.78 is 26.8. The minimum atomic E-state index is -3.56. The number of anilines is 1. The molecule has 0 radical (unpaired) electrons. The first-order chi connectivity index (χ1) is 9.53. The lowest BCUT2D eigenvalue weighted by Gasteiger charge is -2.15. The molecule has 0 amide bonds. The number of nitrogens with one attached hydrogen (secondary N) is 2. The molecule has 1 aromatic heterocycles. The average molecular weight is 301 g/mol. The zero-order chi connectivity index (χ0) is 15.0. The summed E-state index contributed by atoms with van der Waals surface area (Å²) >= 11 is 0. The van der Waals surface area contributed by atoms with E-state index >= 15 is 0 Å². The minimum absolute atomic E-state index is 0.0434. The van der Waals surface area contributed by atoms with E-state index in [4.69, 9.17) is 5.84 Å². The van der Waals surface area contributed by atoms with Crippen molar-refractivity contribution in [1.29, 1.82) is 0 Å². The van der Waals surface area contributed by atoms with Gasteiger partial charge >= 0.3 is 0 Å². The molecule has 0 aliphatic rings. The van der Waals surface area contributed by atoms with Crippen LogP contribution < -0.4 is 16.0 Å². The maximum Gasteiger partial charge on any atom is 0.243 e. The maximum absolute atomic E-state index is 12.1. The van der Waals surface area contributed by atoms with Gasteiger partial charge in [-0.1, -0.05) is 33.1 Å². The first kappa shape index (κ1) is 16.8. The van der Waals surface area contributed by atoms with Crippen LogP contribution >= 0.6 is 0 Å². The molecular formula is C12H23N5O2S. The number of hydrogen-bond donors (Lipinski definition) is 3. The number of sulfonamides is 1. The van der Waals surface area contributed by atoms with Crippen molar-refractivity contribution in [3.8, 4) is 0 Å². The van der Waals surface area contributed by atoms with Crippen LogP contribution in [0.2, 0.25) is 0 Å². The monoisotopic (exact) mass is 301 g/mol. The second-order valence-electron chi connectivity index (χ2n) is 4.66. The van der Waals surface area contributed by atoms with Crippen LogP contribution in [0.25, 0.3) is 0 Å². The van der Waals surface area contributed by atoms with Crippen molar-refractivity contribution in [2.24, 2.45) is 11.8 Å². The number of unbranched alkanes of at least 4 members (excludes halogenated alkanes) is 1. The van der Waals surface area contributed by atoms with Crippen LogP contribution in [0, 0.1) is 5.92 Å². The molecule has 0 saturated heterocycles. The van der Waals surface area contributed by atoms with Crippen molar-refractivity contribution in [2.45, 2.75) is 44.4 Å². The van der Waals surface area contributed by atoms with E-state index in [0.29, 0.717) is 12.5 Å². The Morgan fingerprint density at radius 1 is 1.30 bits per heavy atom. The lowest BCUT2D eigenvalue weighted by molar-refractivity contribution is 0.443. The Morgan fingerprint density at radius 3 is 2.45 bits per heavy atom. The van der Waals surface area contributed by atoms with E-state index in [1.807, 2.05) is 0 Å². The molecule has 4 N–H and O–H groups in total.